The molecule has 6 rings (SSSR count). The molecule has 0 amide bonds. The van der Waals surface area contributed by atoms with Crippen LogP contribution < -0.4 is 10.2 Å². The van der Waals surface area contributed by atoms with Crippen molar-refractivity contribution in [3.05, 3.63) is 82.0 Å². The standard InChI is InChI=1S/C37H38O18/c1-50-23-10-15(2-8-18(23)40)3-9-26(44)51-14-25-30(46)31(47)33(49)37(54-25)55-36-32(48)29(45)24(13-38)53-35(36)28-20(42)11-19(41)27-21(43)12-22(52-34(27)28)16-4-6-17(39)7-5-16/h2-12,24-25,29-33,35-42,45-49H,13-14H2,1H3/b9-3+/t24-,25+,29-,30-,31-,32+,33+,35+,36-,37+/m0/s1. The molecular weight excluding hydrogens is 732 g/mol. The van der Waals surface area contributed by atoms with Crippen LogP contribution in [0.5, 0.6) is 28.7 Å². The van der Waals surface area contributed by atoms with Crippen LogP contribution in [-0.2, 0) is 23.7 Å². The van der Waals surface area contributed by atoms with Gasteiger partial charge in [0.15, 0.2) is 28.8 Å². The minimum Gasteiger partial charge on any atom is -0.508 e. The molecule has 0 saturated carbocycles. The van der Waals surface area contributed by atoms with Gasteiger partial charge in [0.05, 0.1) is 19.3 Å². The van der Waals surface area contributed by atoms with Gasteiger partial charge in [-0.3, -0.25) is 4.79 Å². The molecule has 0 aliphatic carbocycles. The Morgan fingerprint density at radius 1 is 0.800 bits per heavy atom. The van der Waals surface area contributed by atoms with Gasteiger partial charge in [0.25, 0.3) is 0 Å². The lowest BCUT2D eigenvalue weighted by molar-refractivity contribution is -0.342. The van der Waals surface area contributed by atoms with Crippen molar-refractivity contribution in [2.24, 2.45) is 0 Å². The summed E-state index contributed by atoms with van der Waals surface area (Å²) in [6.45, 7) is -1.56. The highest BCUT2D eigenvalue weighted by Crippen LogP contribution is 2.45. The first-order valence-electron chi connectivity index (χ1n) is 16.7. The van der Waals surface area contributed by atoms with Crippen LogP contribution >= 0.6 is 0 Å². The van der Waals surface area contributed by atoms with Crippen molar-refractivity contribution in [3.8, 4) is 40.1 Å². The highest BCUT2D eigenvalue weighted by molar-refractivity contribution is 5.90. The molecule has 0 unspecified atom stereocenters. The molecule has 0 bridgehead atoms. The lowest BCUT2D eigenvalue weighted by Crippen LogP contribution is -2.63. The fourth-order valence-corrected chi connectivity index (χ4v) is 6.34. The van der Waals surface area contributed by atoms with Crippen LogP contribution in [0.15, 0.2) is 69.9 Å². The van der Waals surface area contributed by atoms with E-state index in [1.807, 2.05) is 0 Å². The van der Waals surface area contributed by atoms with Gasteiger partial charge in [-0.25, -0.2) is 4.79 Å². The molecule has 1 aromatic heterocycles. The predicted octanol–water partition coefficient (Wildman–Crippen LogP) is -0.106. The third kappa shape index (κ3) is 7.94. The van der Waals surface area contributed by atoms with Gasteiger partial charge in [-0.1, -0.05) is 6.07 Å². The summed E-state index contributed by atoms with van der Waals surface area (Å²) < 4.78 is 33.7. The molecule has 0 radical (unpaired) electrons. The Kier molecular flexibility index (Phi) is 11.6. The average molecular weight is 771 g/mol. The van der Waals surface area contributed by atoms with Crippen molar-refractivity contribution in [2.75, 3.05) is 20.3 Å². The number of fused-ring (bicyclic) bond motifs is 1. The maximum Gasteiger partial charge on any atom is 0.330 e. The van der Waals surface area contributed by atoms with Crippen molar-refractivity contribution < 1.29 is 84.0 Å². The van der Waals surface area contributed by atoms with Crippen LogP contribution in [0.25, 0.3) is 28.4 Å². The first-order chi connectivity index (χ1) is 26.2. The molecule has 294 valence electrons. The molecule has 2 fully saturated rings. The Morgan fingerprint density at radius 2 is 1.51 bits per heavy atom. The molecule has 2 aliphatic rings. The van der Waals surface area contributed by atoms with Crippen LogP contribution in [-0.4, -0.2) is 132 Å². The van der Waals surface area contributed by atoms with Gasteiger partial charge in [0, 0.05) is 23.8 Å². The van der Waals surface area contributed by atoms with E-state index in [4.69, 9.17) is 28.1 Å². The van der Waals surface area contributed by atoms with Gasteiger partial charge in [-0.2, -0.15) is 0 Å². The molecule has 3 aromatic carbocycles. The van der Waals surface area contributed by atoms with E-state index in [0.717, 1.165) is 18.2 Å². The summed E-state index contributed by atoms with van der Waals surface area (Å²) in [6.07, 6.45) is -16.0. The number of ether oxygens (including phenoxy) is 5. The molecule has 0 spiro atoms. The number of hydrogen-bond acceptors (Lipinski definition) is 18. The summed E-state index contributed by atoms with van der Waals surface area (Å²) in [5.74, 6) is -2.51. The number of rotatable bonds is 10. The number of hydrogen-bond donors (Lipinski definition) is 10. The normalized spacial score (nSPS) is 28.3. The molecule has 2 saturated heterocycles. The van der Waals surface area contributed by atoms with Crippen LogP contribution in [0.4, 0.5) is 0 Å². The second kappa shape index (κ2) is 16.2. The number of phenols is 4. The Morgan fingerprint density at radius 3 is 2.20 bits per heavy atom. The molecule has 10 atom stereocenters. The summed E-state index contributed by atoms with van der Waals surface area (Å²) in [6, 6.07) is 11.6. The highest BCUT2D eigenvalue weighted by atomic mass is 16.7. The van der Waals surface area contributed by atoms with Gasteiger partial charge in [-0.15, -0.1) is 0 Å². The Bertz CT molecular complexity index is 2100. The van der Waals surface area contributed by atoms with E-state index in [1.54, 1.807) is 0 Å². The second-order valence-electron chi connectivity index (χ2n) is 12.8. The summed E-state index contributed by atoms with van der Waals surface area (Å²) in [5, 5.41) is 105. The quantitative estimate of drug-likeness (QED) is 0.0743. The minimum absolute atomic E-state index is 0.0879. The monoisotopic (exact) mass is 770 g/mol. The summed E-state index contributed by atoms with van der Waals surface area (Å²) in [4.78, 5) is 25.9. The predicted molar refractivity (Wildman–Crippen MR) is 186 cm³/mol. The van der Waals surface area contributed by atoms with Crippen molar-refractivity contribution in [1.29, 1.82) is 0 Å². The number of aromatic hydroxyl groups is 4. The van der Waals surface area contributed by atoms with Crippen LogP contribution in [0.1, 0.15) is 17.2 Å². The Hall–Kier alpha value is -5.28. The fraction of sp³-hybridized carbons (Fsp3) is 0.351. The van der Waals surface area contributed by atoms with Crippen LogP contribution in [0.3, 0.4) is 0 Å². The van der Waals surface area contributed by atoms with Crippen LogP contribution in [0, 0.1) is 0 Å². The third-order valence-corrected chi connectivity index (χ3v) is 9.27. The number of aliphatic hydroxyl groups excluding tert-OH is 6. The number of methoxy groups -OCH3 is 1. The average Bonchev–Trinajstić information content (AvgIpc) is 3.16. The first kappa shape index (κ1) is 39.4. The fourth-order valence-electron chi connectivity index (χ4n) is 6.34. The molecule has 10 N–H and O–H groups in total. The topological polar surface area (TPSA) is 296 Å². The molecule has 2 aliphatic heterocycles. The molecular formula is C37H38O18. The van der Waals surface area contributed by atoms with Gasteiger partial charge in [-0.05, 0) is 48.0 Å². The molecule has 18 heteroatoms. The van der Waals surface area contributed by atoms with E-state index in [-0.39, 0.29) is 23.0 Å². The molecule has 4 aromatic rings. The van der Waals surface area contributed by atoms with Crippen molar-refractivity contribution in [2.45, 2.75) is 61.2 Å². The summed E-state index contributed by atoms with van der Waals surface area (Å²) in [7, 11) is 1.35. The van der Waals surface area contributed by atoms with Gasteiger partial charge < -0.3 is 79.2 Å². The van der Waals surface area contributed by atoms with Crippen molar-refractivity contribution in [3.63, 3.8) is 0 Å². The highest BCUT2D eigenvalue weighted by Gasteiger charge is 2.52. The second-order valence-corrected chi connectivity index (χ2v) is 12.8. The van der Waals surface area contributed by atoms with Crippen molar-refractivity contribution >= 4 is 23.0 Å². The van der Waals surface area contributed by atoms with Gasteiger partial charge in [0.1, 0.15) is 89.9 Å². The third-order valence-electron chi connectivity index (χ3n) is 9.27. The SMILES string of the molecule is COc1cc(/C=C/C(=O)OC[C@H]2O[C@H](O[C@H]3[C@H](O)[C@@H](O)[C@H](CO)O[C@@H]3c3c(O)cc(O)c4c(=O)cc(-c5ccc(O)cc5)oc34)[C@H](O)[C@@H](O)[C@H]2O)ccc1O. The Balaban J connectivity index is 1.30. The first-order valence-corrected chi connectivity index (χ1v) is 16.7. The molecule has 55 heavy (non-hydrogen) atoms. The zero-order chi connectivity index (χ0) is 39.7. The van der Waals surface area contributed by atoms with E-state index in [2.05, 4.69) is 0 Å². The number of aliphatic hydroxyl groups is 6. The number of phenolic OH excluding ortho intramolecular Hbond substituents is 4. The number of carbonyl (C=O) groups is 1. The Labute approximate surface area is 310 Å². The van der Waals surface area contributed by atoms with E-state index >= 15 is 0 Å². The summed E-state index contributed by atoms with van der Waals surface area (Å²) in [5.41, 5.74) is -0.899. The van der Waals surface area contributed by atoms with E-state index in [9.17, 15) is 60.7 Å². The lowest BCUT2D eigenvalue weighted by Gasteiger charge is -2.46. The van der Waals surface area contributed by atoms with E-state index < -0.39 is 114 Å². The van der Waals surface area contributed by atoms with Gasteiger partial charge in [0.2, 0.25) is 0 Å². The number of carbonyl (C=O) groups excluding carboxylic acids is 1. The number of esters is 1. The zero-order valence-corrected chi connectivity index (χ0v) is 28.8. The van der Waals surface area contributed by atoms with Crippen LogP contribution in [0.2, 0.25) is 0 Å². The number of benzene rings is 3. The van der Waals surface area contributed by atoms with E-state index in [0.29, 0.717) is 11.1 Å². The smallest absolute Gasteiger partial charge is 0.330 e. The van der Waals surface area contributed by atoms with Gasteiger partial charge >= 0.3 is 5.97 Å². The molecule has 3 heterocycles. The molecule has 18 nitrogen and oxygen atoms in total. The lowest BCUT2D eigenvalue weighted by atomic mass is 9.89. The summed E-state index contributed by atoms with van der Waals surface area (Å²) >= 11 is 0. The maximum absolute atomic E-state index is 13.3. The maximum atomic E-state index is 13.3. The minimum atomic E-state index is -2.03. The van der Waals surface area contributed by atoms with E-state index in [1.165, 1.54) is 55.7 Å². The zero-order valence-electron chi connectivity index (χ0n) is 28.8. The van der Waals surface area contributed by atoms with Crippen molar-refractivity contribution in [1.82, 2.24) is 0 Å². The largest absolute Gasteiger partial charge is 0.508 e.